The largest absolute Gasteiger partial charge is 0.468 e. The zero-order valence-electron chi connectivity index (χ0n) is 16.4. The van der Waals surface area contributed by atoms with Crippen LogP contribution in [0, 0.1) is 20.8 Å². The molecule has 0 fully saturated rings. The Balaban J connectivity index is 1.95. The van der Waals surface area contributed by atoms with Crippen molar-refractivity contribution < 1.29 is 21.3 Å². The second kappa shape index (κ2) is 8.14. The van der Waals surface area contributed by atoms with Gasteiger partial charge in [0.1, 0.15) is 11.0 Å². The highest BCUT2D eigenvalue weighted by Crippen LogP contribution is 2.29. The number of hydrogen-bond acceptors (Lipinski definition) is 5. The highest BCUT2D eigenvalue weighted by atomic mass is 32.2. The van der Waals surface area contributed by atoms with Crippen molar-refractivity contribution in [1.29, 1.82) is 0 Å². The zero-order chi connectivity index (χ0) is 21.2. The summed E-state index contributed by atoms with van der Waals surface area (Å²) in [5, 5.41) is -1.19. The van der Waals surface area contributed by atoms with E-state index >= 15 is 0 Å². The molecule has 154 valence electrons. The monoisotopic (exact) mass is 433 g/mol. The Morgan fingerprint density at radius 2 is 1.55 bits per heavy atom. The molecule has 0 spiro atoms. The van der Waals surface area contributed by atoms with Crippen LogP contribution in [0.3, 0.4) is 0 Å². The van der Waals surface area contributed by atoms with Gasteiger partial charge in [0.05, 0.1) is 16.1 Å². The third kappa shape index (κ3) is 4.60. The van der Waals surface area contributed by atoms with Crippen molar-refractivity contribution in [2.24, 2.45) is 0 Å². The average Bonchev–Trinajstić information content (AvgIpc) is 3.18. The topological polar surface area (TPSA) is 93.5 Å². The van der Waals surface area contributed by atoms with Crippen LogP contribution in [0.1, 0.15) is 27.7 Å². The van der Waals surface area contributed by atoms with Crippen LogP contribution >= 0.6 is 0 Å². The van der Waals surface area contributed by atoms with E-state index in [1.807, 2.05) is 13.0 Å². The quantitative estimate of drug-likeness (QED) is 0.613. The molecule has 0 amide bonds. The summed E-state index contributed by atoms with van der Waals surface area (Å²) in [6, 6.07) is 14.6. The number of hydrogen-bond donors (Lipinski definition) is 1. The van der Waals surface area contributed by atoms with Gasteiger partial charge in [-0.3, -0.25) is 0 Å². The van der Waals surface area contributed by atoms with Crippen LogP contribution in [-0.4, -0.2) is 23.4 Å². The number of furan rings is 1. The fraction of sp³-hybridized carbons (Fsp3) is 0.238. The molecule has 8 heteroatoms. The van der Waals surface area contributed by atoms with Gasteiger partial charge in [0.2, 0.25) is 10.0 Å². The van der Waals surface area contributed by atoms with Crippen LogP contribution in [0.5, 0.6) is 0 Å². The van der Waals surface area contributed by atoms with Crippen LogP contribution in [0.4, 0.5) is 0 Å². The number of nitrogens with one attached hydrogen (secondary N) is 1. The summed E-state index contributed by atoms with van der Waals surface area (Å²) in [5.74, 6) is 0.175. The summed E-state index contributed by atoms with van der Waals surface area (Å²) < 4.78 is 59.9. The summed E-state index contributed by atoms with van der Waals surface area (Å²) >= 11 is 0. The standard InChI is InChI=1S/C21H23NO5S2/c1-15-7-10-18(11-8-15)28(23,24)21(19-5-4-12-27-19)14-22-29(25,26)20-13-16(2)6-9-17(20)3/h4-13,21-22H,14H2,1-3H3/t21-/m0/s1. The molecule has 0 aliphatic rings. The zero-order valence-corrected chi connectivity index (χ0v) is 18.0. The predicted molar refractivity (Wildman–Crippen MR) is 111 cm³/mol. The van der Waals surface area contributed by atoms with E-state index in [0.717, 1.165) is 11.1 Å². The van der Waals surface area contributed by atoms with Crippen LogP contribution < -0.4 is 4.72 Å². The maximum atomic E-state index is 13.2. The molecule has 2 aromatic carbocycles. The van der Waals surface area contributed by atoms with Crippen LogP contribution in [-0.2, 0) is 19.9 Å². The smallest absolute Gasteiger partial charge is 0.240 e. The van der Waals surface area contributed by atoms with E-state index in [4.69, 9.17) is 4.42 Å². The van der Waals surface area contributed by atoms with Gasteiger partial charge in [0.15, 0.2) is 9.84 Å². The van der Waals surface area contributed by atoms with E-state index in [1.54, 1.807) is 44.2 Å². The Labute approximate surface area is 171 Å². The number of sulfone groups is 1. The lowest BCUT2D eigenvalue weighted by molar-refractivity contribution is 0.486. The molecule has 6 nitrogen and oxygen atoms in total. The summed E-state index contributed by atoms with van der Waals surface area (Å²) in [6.45, 7) is 5.01. The summed E-state index contributed by atoms with van der Waals surface area (Å²) in [4.78, 5) is 0.235. The second-order valence-corrected chi connectivity index (χ2v) is 10.8. The Morgan fingerprint density at radius 3 is 2.17 bits per heavy atom. The molecule has 1 aromatic heterocycles. The van der Waals surface area contributed by atoms with Gasteiger partial charge in [0, 0.05) is 6.54 Å². The Hall–Kier alpha value is -2.42. The lowest BCUT2D eigenvalue weighted by atomic mass is 10.2. The fourth-order valence-electron chi connectivity index (χ4n) is 2.99. The van der Waals surface area contributed by atoms with Crippen LogP contribution in [0.15, 0.2) is 75.1 Å². The summed E-state index contributed by atoms with van der Waals surface area (Å²) in [7, 11) is -7.79. The Morgan fingerprint density at radius 1 is 0.897 bits per heavy atom. The van der Waals surface area contributed by atoms with Crippen molar-refractivity contribution in [3.8, 4) is 0 Å². The maximum absolute atomic E-state index is 13.2. The molecule has 0 aliphatic carbocycles. The van der Waals surface area contributed by atoms with Gasteiger partial charge >= 0.3 is 0 Å². The normalized spacial score (nSPS) is 13.3. The van der Waals surface area contributed by atoms with Gasteiger partial charge in [-0.15, -0.1) is 0 Å². The number of sulfonamides is 1. The van der Waals surface area contributed by atoms with Crippen molar-refractivity contribution in [2.45, 2.75) is 35.8 Å². The first-order chi connectivity index (χ1) is 13.6. The molecule has 0 unspecified atom stereocenters. The van der Waals surface area contributed by atoms with E-state index in [1.165, 1.54) is 24.5 Å². The first-order valence-electron chi connectivity index (χ1n) is 9.02. The summed E-state index contributed by atoms with van der Waals surface area (Å²) in [5.41, 5.74) is 2.30. The fourth-order valence-corrected chi connectivity index (χ4v) is 6.06. The highest BCUT2D eigenvalue weighted by Gasteiger charge is 2.33. The highest BCUT2D eigenvalue weighted by molar-refractivity contribution is 7.92. The molecule has 1 heterocycles. The van der Waals surface area contributed by atoms with Gasteiger partial charge in [0.25, 0.3) is 0 Å². The van der Waals surface area contributed by atoms with Crippen molar-refractivity contribution in [2.75, 3.05) is 6.54 Å². The molecular formula is C21H23NO5S2. The molecule has 0 radical (unpaired) electrons. The minimum Gasteiger partial charge on any atom is -0.468 e. The van der Waals surface area contributed by atoms with Gasteiger partial charge in [-0.1, -0.05) is 29.8 Å². The van der Waals surface area contributed by atoms with Crippen molar-refractivity contribution >= 4 is 19.9 Å². The van der Waals surface area contributed by atoms with E-state index < -0.39 is 25.1 Å². The van der Waals surface area contributed by atoms with Crippen LogP contribution in [0.25, 0.3) is 0 Å². The SMILES string of the molecule is Cc1ccc(S(=O)(=O)[C@@H](CNS(=O)(=O)c2cc(C)ccc2C)c2ccco2)cc1. The molecule has 1 atom stereocenters. The second-order valence-electron chi connectivity index (χ2n) is 6.98. The first-order valence-corrected chi connectivity index (χ1v) is 12.0. The predicted octanol–water partition coefficient (Wildman–Crippen LogP) is 3.70. The van der Waals surface area contributed by atoms with Crippen molar-refractivity contribution in [3.63, 3.8) is 0 Å². The molecule has 3 aromatic rings. The molecular weight excluding hydrogens is 410 g/mol. The molecule has 0 bridgehead atoms. The summed E-state index contributed by atoms with van der Waals surface area (Å²) in [6.07, 6.45) is 1.37. The van der Waals surface area contributed by atoms with Crippen molar-refractivity contribution in [3.05, 3.63) is 83.3 Å². The van der Waals surface area contributed by atoms with E-state index in [0.29, 0.717) is 5.56 Å². The number of benzene rings is 2. The molecule has 29 heavy (non-hydrogen) atoms. The first kappa shape index (κ1) is 21.3. The molecule has 0 saturated carbocycles. The third-order valence-electron chi connectivity index (χ3n) is 4.68. The lowest BCUT2D eigenvalue weighted by Crippen LogP contribution is -2.32. The van der Waals surface area contributed by atoms with Crippen molar-refractivity contribution in [1.82, 2.24) is 4.72 Å². The van der Waals surface area contributed by atoms with Crippen LogP contribution in [0.2, 0.25) is 0 Å². The van der Waals surface area contributed by atoms with Gasteiger partial charge < -0.3 is 4.42 Å². The molecule has 0 saturated heterocycles. The molecule has 3 rings (SSSR count). The van der Waals surface area contributed by atoms with Gasteiger partial charge in [-0.05, 0) is 62.2 Å². The van der Waals surface area contributed by atoms with Gasteiger partial charge in [-0.2, -0.15) is 0 Å². The van der Waals surface area contributed by atoms with Gasteiger partial charge in [-0.25, -0.2) is 21.6 Å². The van der Waals surface area contributed by atoms with E-state index in [9.17, 15) is 16.8 Å². The maximum Gasteiger partial charge on any atom is 0.240 e. The third-order valence-corrected chi connectivity index (χ3v) is 8.32. The van der Waals surface area contributed by atoms with E-state index in [-0.39, 0.29) is 22.1 Å². The molecule has 0 aliphatic heterocycles. The molecule has 1 N–H and O–H groups in total. The Bertz CT molecular complexity index is 1200. The van der Waals surface area contributed by atoms with E-state index in [2.05, 4.69) is 4.72 Å². The number of aryl methyl sites for hydroxylation is 3. The number of rotatable bonds is 7. The minimum absolute atomic E-state index is 0.107. The average molecular weight is 434 g/mol. The lowest BCUT2D eigenvalue weighted by Gasteiger charge is -2.17. The Kier molecular flexibility index (Phi) is 5.97. The minimum atomic E-state index is -3.90.